The fraction of sp³-hybridized carbons (Fsp3) is 0.636. The zero-order chi connectivity index (χ0) is 12.4. The smallest absolute Gasteiger partial charge is 0.271 e. The Labute approximate surface area is 105 Å². The summed E-state index contributed by atoms with van der Waals surface area (Å²) in [5.41, 5.74) is -0.289. The minimum atomic E-state index is -0.289. The SMILES string of the molecule is CN(CC1CCCN1C)c1nc[nH]c(=O)c1Cl. The van der Waals surface area contributed by atoms with Crippen LogP contribution >= 0.6 is 11.6 Å². The van der Waals surface area contributed by atoms with Gasteiger partial charge in [-0.05, 0) is 26.4 Å². The number of likely N-dealkylation sites (N-methyl/N-ethyl adjacent to an activating group) is 2. The van der Waals surface area contributed by atoms with E-state index >= 15 is 0 Å². The van der Waals surface area contributed by atoms with Crippen molar-refractivity contribution in [3.05, 3.63) is 21.7 Å². The maximum atomic E-state index is 11.4. The van der Waals surface area contributed by atoms with E-state index in [1.54, 1.807) is 0 Å². The van der Waals surface area contributed by atoms with Crippen molar-refractivity contribution >= 4 is 17.4 Å². The second kappa shape index (κ2) is 5.06. The van der Waals surface area contributed by atoms with Crippen molar-refractivity contribution in [1.29, 1.82) is 0 Å². The zero-order valence-electron chi connectivity index (χ0n) is 10.1. The van der Waals surface area contributed by atoms with E-state index in [0.29, 0.717) is 11.9 Å². The van der Waals surface area contributed by atoms with Crippen molar-refractivity contribution in [3.8, 4) is 0 Å². The monoisotopic (exact) mass is 256 g/mol. The molecule has 1 aromatic heterocycles. The summed E-state index contributed by atoms with van der Waals surface area (Å²) in [5, 5.41) is 0.163. The topological polar surface area (TPSA) is 52.2 Å². The van der Waals surface area contributed by atoms with E-state index in [1.807, 2.05) is 11.9 Å². The van der Waals surface area contributed by atoms with Crippen LogP contribution in [0.25, 0.3) is 0 Å². The van der Waals surface area contributed by atoms with E-state index in [2.05, 4.69) is 21.9 Å². The van der Waals surface area contributed by atoms with Gasteiger partial charge in [0, 0.05) is 19.6 Å². The molecule has 1 saturated heterocycles. The maximum Gasteiger partial charge on any atom is 0.271 e. The number of hydrogen-bond acceptors (Lipinski definition) is 4. The molecule has 0 aliphatic carbocycles. The van der Waals surface area contributed by atoms with E-state index in [0.717, 1.165) is 13.1 Å². The lowest BCUT2D eigenvalue weighted by atomic mass is 10.2. The van der Waals surface area contributed by atoms with Gasteiger partial charge in [0.05, 0.1) is 6.33 Å². The van der Waals surface area contributed by atoms with Gasteiger partial charge in [-0.15, -0.1) is 0 Å². The third-order valence-electron chi connectivity index (χ3n) is 3.30. The van der Waals surface area contributed by atoms with Crippen LogP contribution in [0.3, 0.4) is 0 Å². The van der Waals surface area contributed by atoms with Gasteiger partial charge >= 0.3 is 0 Å². The Bertz CT molecular complexity index is 447. The average molecular weight is 257 g/mol. The highest BCUT2D eigenvalue weighted by molar-refractivity contribution is 6.32. The van der Waals surface area contributed by atoms with Crippen LogP contribution in [0.1, 0.15) is 12.8 Å². The highest BCUT2D eigenvalue weighted by Gasteiger charge is 2.23. The Morgan fingerprint density at radius 1 is 1.71 bits per heavy atom. The summed E-state index contributed by atoms with van der Waals surface area (Å²) in [6, 6.07) is 0.511. The van der Waals surface area contributed by atoms with Crippen molar-refractivity contribution in [2.75, 3.05) is 32.1 Å². The minimum absolute atomic E-state index is 0.163. The molecule has 1 unspecified atom stereocenters. The Kier molecular flexibility index (Phi) is 3.69. The third-order valence-corrected chi connectivity index (χ3v) is 3.64. The number of nitrogens with zero attached hydrogens (tertiary/aromatic N) is 3. The largest absolute Gasteiger partial charge is 0.357 e. The third kappa shape index (κ3) is 2.61. The fourth-order valence-electron chi connectivity index (χ4n) is 2.25. The molecule has 17 heavy (non-hydrogen) atoms. The van der Waals surface area contributed by atoms with Gasteiger partial charge in [0.15, 0.2) is 5.82 Å². The Morgan fingerprint density at radius 2 is 2.47 bits per heavy atom. The van der Waals surface area contributed by atoms with Gasteiger partial charge in [0.2, 0.25) is 0 Å². The zero-order valence-corrected chi connectivity index (χ0v) is 10.9. The molecule has 0 amide bonds. The molecule has 1 aliphatic heterocycles. The number of anilines is 1. The first kappa shape index (κ1) is 12.4. The minimum Gasteiger partial charge on any atom is -0.357 e. The molecule has 2 rings (SSSR count). The van der Waals surface area contributed by atoms with E-state index in [9.17, 15) is 4.79 Å². The first-order chi connectivity index (χ1) is 8.09. The summed E-state index contributed by atoms with van der Waals surface area (Å²) < 4.78 is 0. The molecule has 94 valence electrons. The summed E-state index contributed by atoms with van der Waals surface area (Å²) in [5.74, 6) is 0.552. The highest BCUT2D eigenvalue weighted by Crippen LogP contribution is 2.21. The fourth-order valence-corrected chi connectivity index (χ4v) is 2.50. The van der Waals surface area contributed by atoms with Crippen LogP contribution in [0.2, 0.25) is 5.02 Å². The second-order valence-corrected chi connectivity index (χ2v) is 4.90. The number of aromatic amines is 1. The molecule has 0 bridgehead atoms. The van der Waals surface area contributed by atoms with Crippen molar-refractivity contribution < 1.29 is 0 Å². The predicted molar refractivity (Wildman–Crippen MR) is 68.8 cm³/mol. The highest BCUT2D eigenvalue weighted by atomic mass is 35.5. The molecular weight excluding hydrogens is 240 g/mol. The van der Waals surface area contributed by atoms with Gasteiger partial charge in [0.1, 0.15) is 5.02 Å². The molecule has 0 saturated carbocycles. The van der Waals surface area contributed by atoms with Crippen molar-refractivity contribution in [1.82, 2.24) is 14.9 Å². The molecule has 1 aliphatic rings. The van der Waals surface area contributed by atoms with Gasteiger partial charge < -0.3 is 14.8 Å². The van der Waals surface area contributed by atoms with Crippen molar-refractivity contribution in [2.24, 2.45) is 0 Å². The number of likely N-dealkylation sites (tertiary alicyclic amines) is 1. The van der Waals surface area contributed by atoms with Crippen molar-refractivity contribution in [3.63, 3.8) is 0 Å². The van der Waals surface area contributed by atoms with E-state index in [4.69, 9.17) is 11.6 Å². The molecule has 5 nitrogen and oxygen atoms in total. The molecule has 1 fully saturated rings. The Hall–Kier alpha value is -1.07. The summed E-state index contributed by atoms with van der Waals surface area (Å²) in [6.45, 7) is 1.97. The molecule has 6 heteroatoms. The van der Waals surface area contributed by atoms with Gasteiger partial charge in [-0.2, -0.15) is 0 Å². The molecule has 0 aromatic carbocycles. The summed E-state index contributed by atoms with van der Waals surface area (Å²) in [4.78, 5) is 22.2. The lowest BCUT2D eigenvalue weighted by Gasteiger charge is -2.26. The standard InChI is InChI=1S/C11H17ClN4O/c1-15-5-3-4-8(15)6-16(2)10-9(12)11(17)14-7-13-10/h7-8H,3-6H2,1-2H3,(H,13,14,17). The first-order valence-corrected chi connectivity index (χ1v) is 6.12. The van der Waals surface area contributed by atoms with E-state index in [1.165, 1.54) is 19.2 Å². The number of nitrogens with one attached hydrogen (secondary N) is 1. The van der Waals surface area contributed by atoms with Gasteiger partial charge in [0.25, 0.3) is 5.56 Å². The van der Waals surface area contributed by atoms with E-state index in [-0.39, 0.29) is 10.6 Å². The average Bonchev–Trinajstić information content (AvgIpc) is 2.68. The second-order valence-electron chi connectivity index (χ2n) is 4.53. The van der Waals surface area contributed by atoms with Crippen LogP contribution in [0.15, 0.2) is 11.1 Å². The summed E-state index contributed by atoms with van der Waals surface area (Å²) >= 11 is 5.95. The van der Waals surface area contributed by atoms with Gasteiger partial charge in [-0.25, -0.2) is 4.98 Å². The maximum absolute atomic E-state index is 11.4. The van der Waals surface area contributed by atoms with Crippen molar-refractivity contribution in [2.45, 2.75) is 18.9 Å². The normalized spacial score (nSPS) is 20.8. The van der Waals surface area contributed by atoms with Crippen LogP contribution in [-0.4, -0.2) is 48.1 Å². The molecule has 0 spiro atoms. The van der Waals surface area contributed by atoms with Gasteiger partial charge in [-0.1, -0.05) is 11.6 Å². The first-order valence-electron chi connectivity index (χ1n) is 5.74. The van der Waals surface area contributed by atoms with Crippen LogP contribution in [0.4, 0.5) is 5.82 Å². The number of aromatic nitrogens is 2. The van der Waals surface area contributed by atoms with Crippen LogP contribution in [0.5, 0.6) is 0 Å². The van der Waals surface area contributed by atoms with Crippen LogP contribution in [-0.2, 0) is 0 Å². The van der Waals surface area contributed by atoms with Gasteiger partial charge in [-0.3, -0.25) is 4.79 Å². The molecule has 0 radical (unpaired) electrons. The van der Waals surface area contributed by atoms with Crippen LogP contribution in [0, 0.1) is 0 Å². The number of hydrogen-bond donors (Lipinski definition) is 1. The Morgan fingerprint density at radius 3 is 3.12 bits per heavy atom. The number of rotatable bonds is 3. The van der Waals surface area contributed by atoms with Crippen LogP contribution < -0.4 is 10.5 Å². The summed E-state index contributed by atoms with van der Waals surface area (Å²) in [6.07, 6.45) is 3.80. The number of halogens is 1. The Balaban J connectivity index is 2.11. The summed E-state index contributed by atoms with van der Waals surface area (Å²) in [7, 11) is 4.04. The molecule has 1 aromatic rings. The quantitative estimate of drug-likeness (QED) is 0.875. The van der Waals surface area contributed by atoms with E-state index < -0.39 is 0 Å². The molecule has 2 heterocycles. The molecular formula is C11H17ClN4O. The molecule has 1 N–H and O–H groups in total. The lowest BCUT2D eigenvalue weighted by molar-refractivity contribution is 0.314. The number of H-pyrrole nitrogens is 1. The molecule has 1 atom stereocenters. The lowest BCUT2D eigenvalue weighted by Crippen LogP contribution is -2.37. The predicted octanol–water partition coefficient (Wildman–Crippen LogP) is 0.954.